The first kappa shape index (κ1) is 11.7. The third-order valence-electron chi connectivity index (χ3n) is 2.41. The van der Waals surface area contributed by atoms with Gasteiger partial charge in [0.05, 0.1) is 11.1 Å². The second-order valence-corrected chi connectivity index (χ2v) is 5.16. The van der Waals surface area contributed by atoms with Gasteiger partial charge in [-0.05, 0) is 12.1 Å². The molecule has 1 atom stereocenters. The van der Waals surface area contributed by atoms with Crippen molar-refractivity contribution < 1.29 is 9.18 Å². The minimum Gasteiger partial charge on any atom is -0.397 e. The summed E-state index contributed by atoms with van der Waals surface area (Å²) in [6.45, 7) is 0.295. The van der Waals surface area contributed by atoms with Crippen molar-refractivity contribution in [1.82, 2.24) is 0 Å². The molecule has 1 aromatic rings. The summed E-state index contributed by atoms with van der Waals surface area (Å²) in [5.74, 6) is -0.723. The number of benzene rings is 1. The third-order valence-corrected chi connectivity index (χ3v) is 3.16. The standard InChI is InChI=1S/C10H9BrClFN2O/c11-5-1-7(13)10(8(14)2-5)15-4-6(12)3-9(15)16/h1-2,6H,3-4,14H2. The first-order valence-corrected chi connectivity index (χ1v) is 5.91. The highest BCUT2D eigenvalue weighted by Crippen LogP contribution is 2.34. The fourth-order valence-electron chi connectivity index (χ4n) is 1.75. The Bertz CT molecular complexity index is 431. The quantitative estimate of drug-likeness (QED) is 0.640. The van der Waals surface area contributed by atoms with E-state index in [1.54, 1.807) is 6.07 Å². The fourth-order valence-corrected chi connectivity index (χ4v) is 2.47. The van der Waals surface area contributed by atoms with Gasteiger partial charge in [0.1, 0.15) is 11.5 Å². The lowest BCUT2D eigenvalue weighted by atomic mass is 10.2. The zero-order valence-corrected chi connectivity index (χ0v) is 10.6. The number of carbonyl (C=O) groups is 1. The largest absolute Gasteiger partial charge is 0.397 e. The van der Waals surface area contributed by atoms with E-state index < -0.39 is 5.82 Å². The average molecular weight is 308 g/mol. The Labute approximate surface area is 105 Å². The molecule has 1 aromatic carbocycles. The lowest BCUT2D eigenvalue weighted by molar-refractivity contribution is -0.117. The highest BCUT2D eigenvalue weighted by atomic mass is 79.9. The van der Waals surface area contributed by atoms with Crippen molar-refractivity contribution in [2.24, 2.45) is 0 Å². The molecule has 1 aliphatic rings. The number of hydrogen-bond acceptors (Lipinski definition) is 2. The number of amides is 1. The first-order chi connectivity index (χ1) is 7.49. The molecular formula is C10H9BrClFN2O. The lowest BCUT2D eigenvalue weighted by Crippen LogP contribution is -2.26. The molecule has 1 fully saturated rings. The van der Waals surface area contributed by atoms with Gasteiger partial charge in [-0.25, -0.2) is 4.39 Å². The van der Waals surface area contributed by atoms with Gasteiger partial charge in [-0.2, -0.15) is 0 Å². The predicted molar refractivity (Wildman–Crippen MR) is 65.1 cm³/mol. The van der Waals surface area contributed by atoms with Gasteiger partial charge in [0.25, 0.3) is 0 Å². The first-order valence-electron chi connectivity index (χ1n) is 4.68. The van der Waals surface area contributed by atoms with E-state index in [1.165, 1.54) is 11.0 Å². The fraction of sp³-hybridized carbons (Fsp3) is 0.300. The molecule has 0 aromatic heterocycles. The summed E-state index contributed by atoms with van der Waals surface area (Å²) >= 11 is 8.99. The topological polar surface area (TPSA) is 46.3 Å². The van der Waals surface area contributed by atoms with E-state index in [1.807, 2.05) is 0 Å². The van der Waals surface area contributed by atoms with Gasteiger partial charge < -0.3 is 10.6 Å². The van der Waals surface area contributed by atoms with E-state index in [4.69, 9.17) is 17.3 Å². The van der Waals surface area contributed by atoms with Gasteiger partial charge in [-0.1, -0.05) is 15.9 Å². The average Bonchev–Trinajstić information content (AvgIpc) is 2.43. The van der Waals surface area contributed by atoms with E-state index >= 15 is 0 Å². The smallest absolute Gasteiger partial charge is 0.228 e. The molecule has 1 unspecified atom stereocenters. The minimum atomic E-state index is -0.522. The van der Waals surface area contributed by atoms with Crippen LogP contribution in [0.15, 0.2) is 16.6 Å². The maximum Gasteiger partial charge on any atom is 0.228 e. The van der Waals surface area contributed by atoms with E-state index in [0.29, 0.717) is 11.0 Å². The van der Waals surface area contributed by atoms with Crippen LogP contribution in [0.25, 0.3) is 0 Å². The normalized spacial score (nSPS) is 20.6. The number of hydrogen-bond donors (Lipinski definition) is 1. The van der Waals surface area contributed by atoms with E-state index in [9.17, 15) is 9.18 Å². The van der Waals surface area contributed by atoms with Gasteiger partial charge in [0.2, 0.25) is 5.91 Å². The second kappa shape index (κ2) is 4.22. The zero-order chi connectivity index (χ0) is 11.9. The Morgan fingerprint density at radius 2 is 2.25 bits per heavy atom. The molecule has 0 spiro atoms. The lowest BCUT2D eigenvalue weighted by Gasteiger charge is -2.19. The van der Waals surface area contributed by atoms with E-state index in [-0.39, 0.29) is 29.1 Å². The highest BCUT2D eigenvalue weighted by molar-refractivity contribution is 9.10. The van der Waals surface area contributed by atoms with Gasteiger partial charge in [0, 0.05) is 17.4 Å². The van der Waals surface area contributed by atoms with Gasteiger partial charge in [0.15, 0.2) is 0 Å². The highest BCUT2D eigenvalue weighted by Gasteiger charge is 2.32. The molecule has 0 aliphatic carbocycles. The predicted octanol–water partition coefficient (Wildman–Crippen LogP) is 2.51. The van der Waals surface area contributed by atoms with Crippen molar-refractivity contribution in [3.8, 4) is 0 Å². The van der Waals surface area contributed by atoms with Gasteiger partial charge in [-0.3, -0.25) is 4.79 Å². The van der Waals surface area contributed by atoms with Crippen LogP contribution in [-0.2, 0) is 4.79 Å². The summed E-state index contributed by atoms with van der Waals surface area (Å²) in [6, 6.07) is 2.84. The van der Waals surface area contributed by atoms with Crippen LogP contribution in [0.3, 0.4) is 0 Å². The molecule has 1 amide bonds. The van der Waals surface area contributed by atoms with Crippen LogP contribution < -0.4 is 10.6 Å². The molecule has 1 aliphatic heterocycles. The molecular weight excluding hydrogens is 298 g/mol. The Morgan fingerprint density at radius 3 is 2.75 bits per heavy atom. The molecule has 0 bridgehead atoms. The van der Waals surface area contributed by atoms with Crippen LogP contribution in [0.4, 0.5) is 15.8 Å². The Hall–Kier alpha value is -0.810. The molecule has 1 saturated heterocycles. The number of nitrogen functional groups attached to an aromatic ring is 1. The summed E-state index contributed by atoms with van der Waals surface area (Å²) in [6.07, 6.45) is 0.219. The Kier molecular flexibility index (Phi) is 3.08. The van der Waals surface area contributed by atoms with Crippen LogP contribution in [0.5, 0.6) is 0 Å². The summed E-state index contributed by atoms with van der Waals surface area (Å²) in [7, 11) is 0. The van der Waals surface area contributed by atoms with Crippen LogP contribution in [-0.4, -0.2) is 17.8 Å². The number of anilines is 2. The van der Waals surface area contributed by atoms with Crippen LogP contribution in [0, 0.1) is 5.82 Å². The van der Waals surface area contributed by atoms with Crippen molar-refractivity contribution in [2.45, 2.75) is 11.8 Å². The van der Waals surface area contributed by atoms with Crippen molar-refractivity contribution in [2.75, 3.05) is 17.2 Å². The molecule has 2 N–H and O–H groups in total. The molecule has 2 rings (SSSR count). The minimum absolute atomic E-state index is 0.122. The van der Waals surface area contributed by atoms with Gasteiger partial charge in [-0.15, -0.1) is 11.6 Å². The van der Waals surface area contributed by atoms with E-state index in [0.717, 1.165) is 0 Å². The number of halogens is 3. The van der Waals surface area contributed by atoms with Crippen molar-refractivity contribution >= 4 is 44.8 Å². The monoisotopic (exact) mass is 306 g/mol. The summed E-state index contributed by atoms with van der Waals surface area (Å²) in [5, 5.41) is -0.282. The molecule has 0 saturated carbocycles. The molecule has 16 heavy (non-hydrogen) atoms. The second-order valence-electron chi connectivity index (χ2n) is 3.63. The molecule has 0 radical (unpaired) electrons. The van der Waals surface area contributed by atoms with E-state index in [2.05, 4.69) is 15.9 Å². The third kappa shape index (κ3) is 2.01. The molecule has 3 nitrogen and oxygen atoms in total. The van der Waals surface area contributed by atoms with Crippen LogP contribution >= 0.6 is 27.5 Å². The molecule has 86 valence electrons. The van der Waals surface area contributed by atoms with Crippen molar-refractivity contribution in [3.05, 3.63) is 22.4 Å². The zero-order valence-electron chi connectivity index (χ0n) is 8.21. The SMILES string of the molecule is Nc1cc(Br)cc(F)c1N1CC(Cl)CC1=O. The number of nitrogens with two attached hydrogens (primary N) is 1. The van der Waals surface area contributed by atoms with Crippen LogP contribution in [0.2, 0.25) is 0 Å². The maximum absolute atomic E-state index is 13.7. The maximum atomic E-state index is 13.7. The molecule has 1 heterocycles. The summed E-state index contributed by atoms with van der Waals surface area (Å²) in [5.41, 5.74) is 6.05. The van der Waals surface area contributed by atoms with Crippen molar-refractivity contribution in [1.29, 1.82) is 0 Å². The van der Waals surface area contributed by atoms with Gasteiger partial charge >= 0.3 is 0 Å². The number of rotatable bonds is 1. The van der Waals surface area contributed by atoms with Crippen molar-refractivity contribution in [3.63, 3.8) is 0 Å². The Morgan fingerprint density at radius 1 is 1.56 bits per heavy atom. The summed E-state index contributed by atoms with van der Waals surface area (Å²) in [4.78, 5) is 12.9. The number of carbonyl (C=O) groups excluding carboxylic acids is 1. The summed E-state index contributed by atoms with van der Waals surface area (Å²) < 4.78 is 14.3. The number of alkyl halides is 1. The van der Waals surface area contributed by atoms with Crippen LogP contribution in [0.1, 0.15) is 6.42 Å². The number of nitrogens with zero attached hydrogens (tertiary/aromatic N) is 1. The Balaban J connectivity index is 2.44. The molecule has 6 heteroatoms.